The zero-order valence-corrected chi connectivity index (χ0v) is 20.9. The Bertz CT molecular complexity index is 1580. The third kappa shape index (κ3) is 4.70. The smallest absolute Gasteiger partial charge is 0.319 e. The number of urea groups is 1. The van der Waals surface area contributed by atoms with Crippen molar-refractivity contribution in [2.75, 3.05) is 24.2 Å². The number of benzene rings is 2. The highest BCUT2D eigenvalue weighted by atomic mass is 35.5. The number of rotatable bonds is 5. The van der Waals surface area contributed by atoms with Crippen molar-refractivity contribution in [1.82, 2.24) is 19.6 Å². The second kappa shape index (κ2) is 9.73. The van der Waals surface area contributed by atoms with Gasteiger partial charge in [0.2, 0.25) is 10.0 Å². The molecule has 11 heteroatoms. The van der Waals surface area contributed by atoms with Gasteiger partial charge in [-0.3, -0.25) is 4.98 Å². The molecule has 5 rings (SSSR count). The van der Waals surface area contributed by atoms with E-state index in [9.17, 15) is 13.2 Å². The zero-order valence-electron chi connectivity index (χ0n) is 19.3. The normalized spacial score (nSPS) is 13.7. The van der Waals surface area contributed by atoms with E-state index in [4.69, 9.17) is 11.6 Å². The molecular weight excluding hydrogens is 500 g/mol. The highest BCUT2D eigenvalue weighted by molar-refractivity contribution is 7.89. The van der Waals surface area contributed by atoms with Gasteiger partial charge in [0.05, 0.1) is 33.0 Å². The number of amides is 2. The second-order valence-electron chi connectivity index (χ2n) is 8.27. The molecule has 4 aromatic rings. The standard InChI is InChI=1S/C25H23ClN6O3S/c1-27-25(33)31-23-7-6-19(13-21(23)26)36(34,35)32-11-9-20-17(15-32)8-10-28-24(20)30-18-12-16-4-2-3-5-22(16)29-14-18/h2-8,10,12-14H,9,11,15H2,1H3,(H,28,30)(H2,27,31,33). The lowest BCUT2D eigenvalue weighted by Gasteiger charge is -2.29. The van der Waals surface area contributed by atoms with Crippen LogP contribution in [0.3, 0.4) is 0 Å². The van der Waals surface area contributed by atoms with Crippen LogP contribution in [-0.4, -0.2) is 42.3 Å². The van der Waals surface area contributed by atoms with Gasteiger partial charge in [-0.15, -0.1) is 0 Å². The van der Waals surface area contributed by atoms with Crippen LogP contribution >= 0.6 is 11.6 Å². The minimum absolute atomic E-state index is 0.0630. The lowest BCUT2D eigenvalue weighted by Crippen LogP contribution is -2.36. The number of halogens is 1. The molecule has 0 saturated heterocycles. The van der Waals surface area contributed by atoms with Crippen molar-refractivity contribution in [2.45, 2.75) is 17.9 Å². The van der Waals surface area contributed by atoms with E-state index < -0.39 is 16.1 Å². The van der Waals surface area contributed by atoms with Crippen LogP contribution in [0, 0.1) is 0 Å². The first-order chi connectivity index (χ1) is 17.3. The van der Waals surface area contributed by atoms with Crippen LogP contribution < -0.4 is 16.0 Å². The summed E-state index contributed by atoms with van der Waals surface area (Å²) in [5.74, 6) is 0.689. The first-order valence-electron chi connectivity index (χ1n) is 11.2. The molecule has 0 radical (unpaired) electrons. The second-order valence-corrected chi connectivity index (χ2v) is 10.6. The molecule has 0 spiro atoms. The molecule has 2 aromatic heterocycles. The number of para-hydroxylation sites is 1. The molecule has 9 nitrogen and oxygen atoms in total. The average Bonchev–Trinajstić information content (AvgIpc) is 2.89. The Labute approximate surface area is 213 Å². The van der Waals surface area contributed by atoms with Gasteiger partial charge < -0.3 is 16.0 Å². The fraction of sp³-hybridized carbons (Fsp3) is 0.160. The van der Waals surface area contributed by atoms with Crippen molar-refractivity contribution in [2.24, 2.45) is 0 Å². The van der Waals surface area contributed by atoms with Gasteiger partial charge in [-0.25, -0.2) is 18.2 Å². The molecule has 2 amide bonds. The number of nitrogens with zero attached hydrogens (tertiary/aromatic N) is 3. The summed E-state index contributed by atoms with van der Waals surface area (Å²) in [6.45, 7) is 0.502. The van der Waals surface area contributed by atoms with Crippen LogP contribution in [-0.2, 0) is 23.0 Å². The molecule has 0 bridgehead atoms. The number of fused-ring (bicyclic) bond motifs is 2. The van der Waals surface area contributed by atoms with E-state index in [0.29, 0.717) is 24.5 Å². The molecule has 0 saturated carbocycles. The van der Waals surface area contributed by atoms with Crippen LogP contribution in [0.15, 0.2) is 71.9 Å². The minimum atomic E-state index is -3.80. The molecule has 0 unspecified atom stereocenters. The SMILES string of the molecule is CNC(=O)Nc1ccc(S(=O)(=O)N2CCc3c(ccnc3Nc3cnc4ccccc4c3)C2)cc1Cl. The maximum absolute atomic E-state index is 13.4. The quantitative estimate of drug-likeness (QED) is 0.355. The van der Waals surface area contributed by atoms with Crippen molar-refractivity contribution in [3.63, 3.8) is 0 Å². The van der Waals surface area contributed by atoms with Crippen molar-refractivity contribution in [1.29, 1.82) is 0 Å². The fourth-order valence-corrected chi connectivity index (χ4v) is 5.88. The summed E-state index contributed by atoms with van der Waals surface area (Å²) in [5, 5.41) is 9.48. The topological polar surface area (TPSA) is 116 Å². The number of anilines is 3. The van der Waals surface area contributed by atoms with E-state index in [-0.39, 0.29) is 16.5 Å². The van der Waals surface area contributed by atoms with Gasteiger partial charge >= 0.3 is 6.03 Å². The number of sulfonamides is 1. The Morgan fingerprint density at radius 3 is 2.72 bits per heavy atom. The molecule has 0 fully saturated rings. The largest absolute Gasteiger partial charge is 0.341 e. The third-order valence-corrected chi connectivity index (χ3v) is 8.17. The number of aromatic nitrogens is 2. The van der Waals surface area contributed by atoms with E-state index in [1.807, 2.05) is 36.4 Å². The van der Waals surface area contributed by atoms with E-state index in [2.05, 4.69) is 25.9 Å². The van der Waals surface area contributed by atoms with Gasteiger partial charge in [0.15, 0.2) is 0 Å². The van der Waals surface area contributed by atoms with Gasteiger partial charge in [0.25, 0.3) is 0 Å². The lowest BCUT2D eigenvalue weighted by atomic mass is 10.0. The zero-order chi connectivity index (χ0) is 25.3. The van der Waals surface area contributed by atoms with Gasteiger partial charge in [-0.05, 0) is 48.4 Å². The number of hydrogen-bond donors (Lipinski definition) is 3. The Morgan fingerprint density at radius 2 is 1.92 bits per heavy atom. The summed E-state index contributed by atoms with van der Waals surface area (Å²) in [4.78, 5) is 20.6. The van der Waals surface area contributed by atoms with E-state index in [1.165, 1.54) is 29.6 Å². The Hall–Kier alpha value is -3.73. The van der Waals surface area contributed by atoms with Crippen LogP contribution in [0.1, 0.15) is 11.1 Å². The van der Waals surface area contributed by atoms with E-state index in [1.54, 1.807) is 12.4 Å². The third-order valence-electron chi connectivity index (χ3n) is 6.02. The minimum Gasteiger partial charge on any atom is -0.341 e. The summed E-state index contributed by atoms with van der Waals surface area (Å²) >= 11 is 6.24. The number of hydrogen-bond acceptors (Lipinski definition) is 6. The van der Waals surface area contributed by atoms with Crippen LogP contribution in [0.4, 0.5) is 22.0 Å². The first-order valence-corrected chi connectivity index (χ1v) is 13.0. The summed E-state index contributed by atoms with van der Waals surface area (Å²) in [6.07, 6.45) is 3.92. The molecule has 36 heavy (non-hydrogen) atoms. The van der Waals surface area contributed by atoms with Gasteiger partial charge in [0, 0.05) is 37.3 Å². The monoisotopic (exact) mass is 522 g/mol. The maximum atomic E-state index is 13.4. The summed E-state index contributed by atoms with van der Waals surface area (Å²) in [5.41, 5.74) is 3.89. The highest BCUT2D eigenvalue weighted by Gasteiger charge is 2.30. The molecule has 0 atom stereocenters. The first kappa shape index (κ1) is 24.0. The van der Waals surface area contributed by atoms with Crippen molar-refractivity contribution >= 4 is 55.8 Å². The summed E-state index contributed by atoms with van der Waals surface area (Å²) in [7, 11) is -2.33. The number of carbonyl (C=O) groups is 1. The van der Waals surface area contributed by atoms with Gasteiger partial charge in [0.1, 0.15) is 5.82 Å². The average molecular weight is 523 g/mol. The number of pyridine rings is 2. The van der Waals surface area contributed by atoms with Gasteiger partial charge in [-0.2, -0.15) is 4.31 Å². The molecule has 184 valence electrons. The highest BCUT2D eigenvalue weighted by Crippen LogP contribution is 2.32. The molecule has 3 heterocycles. The molecule has 1 aliphatic rings. The number of carbonyl (C=O) groups excluding carboxylic acids is 1. The van der Waals surface area contributed by atoms with Crippen molar-refractivity contribution in [3.8, 4) is 0 Å². The summed E-state index contributed by atoms with van der Waals surface area (Å²) < 4.78 is 28.2. The Balaban J connectivity index is 1.37. The van der Waals surface area contributed by atoms with Crippen LogP contribution in [0.25, 0.3) is 10.9 Å². The van der Waals surface area contributed by atoms with Crippen molar-refractivity contribution in [3.05, 3.63) is 83.1 Å². The predicted molar refractivity (Wildman–Crippen MR) is 140 cm³/mol. The van der Waals surface area contributed by atoms with Gasteiger partial charge in [-0.1, -0.05) is 29.8 Å². The Morgan fingerprint density at radius 1 is 1.08 bits per heavy atom. The molecule has 2 aromatic carbocycles. The van der Waals surface area contributed by atoms with E-state index >= 15 is 0 Å². The maximum Gasteiger partial charge on any atom is 0.319 e. The summed E-state index contributed by atoms with van der Waals surface area (Å²) in [6, 6.07) is 15.5. The Kier molecular flexibility index (Phi) is 6.48. The number of nitrogens with one attached hydrogen (secondary N) is 3. The van der Waals surface area contributed by atoms with E-state index in [0.717, 1.165) is 27.7 Å². The predicted octanol–water partition coefficient (Wildman–Crippen LogP) is 4.53. The molecule has 1 aliphatic heterocycles. The fourth-order valence-electron chi connectivity index (χ4n) is 4.15. The van der Waals surface area contributed by atoms with Crippen LogP contribution in [0.2, 0.25) is 5.02 Å². The molecule has 3 N–H and O–H groups in total. The molecular formula is C25H23ClN6O3S. The lowest BCUT2D eigenvalue weighted by molar-refractivity contribution is 0.254. The molecule has 0 aliphatic carbocycles. The van der Waals surface area contributed by atoms with Crippen molar-refractivity contribution < 1.29 is 13.2 Å². The van der Waals surface area contributed by atoms with Crippen LogP contribution in [0.5, 0.6) is 0 Å².